The average molecular weight is 447 g/mol. The number of benzene rings is 1. The molecule has 1 aromatic carbocycles. The van der Waals surface area contributed by atoms with Crippen LogP contribution in [0.3, 0.4) is 0 Å². The van der Waals surface area contributed by atoms with Crippen molar-refractivity contribution in [3.8, 4) is 0 Å². The Morgan fingerprint density at radius 1 is 1.12 bits per heavy atom. The normalized spacial score (nSPS) is 21.0. The maximum absolute atomic E-state index is 12.3. The summed E-state index contributed by atoms with van der Waals surface area (Å²) >= 11 is 0. The van der Waals surface area contributed by atoms with Crippen LogP contribution in [0.5, 0.6) is 0 Å². The highest BCUT2D eigenvalue weighted by Gasteiger charge is 2.47. The number of ether oxygens (including phenoxy) is 1. The number of hydrogen-bond donors (Lipinski definition) is 3. The largest absolute Gasteiger partial charge is 0.378 e. The predicted octanol–water partition coefficient (Wildman–Crippen LogP) is 0.145. The highest BCUT2D eigenvalue weighted by atomic mass is 16.5. The summed E-state index contributed by atoms with van der Waals surface area (Å²) in [4.78, 5) is 52.6. The lowest BCUT2D eigenvalue weighted by Crippen LogP contribution is -2.51. The Hall–Kier alpha value is -3.18. The summed E-state index contributed by atoms with van der Waals surface area (Å²) in [6.07, 6.45) is 0.400. The first-order valence-corrected chi connectivity index (χ1v) is 10.6. The van der Waals surface area contributed by atoms with Crippen molar-refractivity contribution in [3.63, 3.8) is 0 Å². The van der Waals surface area contributed by atoms with Gasteiger partial charge in [0.2, 0.25) is 5.91 Å². The van der Waals surface area contributed by atoms with Crippen molar-refractivity contribution in [2.45, 2.75) is 25.8 Å². The molecular formula is C21H30N6O5. The van der Waals surface area contributed by atoms with Gasteiger partial charge in [-0.25, -0.2) is 4.79 Å². The first-order valence-electron chi connectivity index (χ1n) is 10.6. The molecule has 2 aliphatic heterocycles. The van der Waals surface area contributed by atoms with E-state index in [1.807, 2.05) is 24.3 Å². The quantitative estimate of drug-likeness (QED) is 0.486. The third-order valence-electron chi connectivity index (χ3n) is 5.56. The first kappa shape index (κ1) is 23.5. The molecule has 5 amide bonds. The van der Waals surface area contributed by atoms with E-state index in [0.29, 0.717) is 30.3 Å². The number of hydrogen-bond acceptors (Lipinski definition) is 7. The van der Waals surface area contributed by atoms with Crippen LogP contribution < -0.4 is 21.0 Å². The van der Waals surface area contributed by atoms with E-state index in [1.54, 1.807) is 20.9 Å². The SMILES string of the molecule is CCC1(C)NC(=O)N(NC(=O)CN(C)CC(=O)Nc2ccc(N3CCOCC3)cc2)C1=O. The van der Waals surface area contributed by atoms with Crippen molar-refractivity contribution in [2.75, 3.05) is 56.7 Å². The van der Waals surface area contributed by atoms with E-state index < -0.39 is 23.4 Å². The fourth-order valence-corrected chi connectivity index (χ4v) is 3.51. The number of anilines is 2. The molecule has 1 unspecified atom stereocenters. The van der Waals surface area contributed by atoms with Crippen LogP contribution in [0.4, 0.5) is 16.2 Å². The van der Waals surface area contributed by atoms with Crippen LogP contribution in [0, 0.1) is 0 Å². The number of hydrazine groups is 1. The van der Waals surface area contributed by atoms with Gasteiger partial charge < -0.3 is 20.3 Å². The number of urea groups is 1. The van der Waals surface area contributed by atoms with E-state index in [0.717, 1.165) is 18.8 Å². The number of nitrogens with zero attached hydrogens (tertiary/aromatic N) is 3. The zero-order chi connectivity index (χ0) is 23.3. The number of likely N-dealkylation sites (N-methyl/N-ethyl adjacent to an activating group) is 1. The van der Waals surface area contributed by atoms with Crippen LogP contribution in [-0.2, 0) is 19.1 Å². The molecule has 2 heterocycles. The zero-order valence-electron chi connectivity index (χ0n) is 18.6. The number of carbonyl (C=O) groups excluding carboxylic acids is 4. The van der Waals surface area contributed by atoms with Gasteiger partial charge in [-0.1, -0.05) is 6.92 Å². The summed E-state index contributed by atoms with van der Waals surface area (Å²) in [5, 5.41) is 6.05. The van der Waals surface area contributed by atoms with Gasteiger partial charge in [-0.15, -0.1) is 0 Å². The molecule has 0 aliphatic carbocycles. The summed E-state index contributed by atoms with van der Waals surface area (Å²) in [5.74, 6) is -1.37. The van der Waals surface area contributed by atoms with Crippen molar-refractivity contribution >= 4 is 35.1 Å². The fourth-order valence-electron chi connectivity index (χ4n) is 3.51. The van der Waals surface area contributed by atoms with E-state index in [-0.39, 0.29) is 19.0 Å². The number of morpholine rings is 1. The molecule has 174 valence electrons. The second kappa shape index (κ2) is 9.96. The molecule has 11 heteroatoms. The standard InChI is InChI=1S/C21H30N6O5/c1-4-21(2)19(30)27(20(31)23-21)24-18(29)14-25(3)13-17(28)22-15-5-7-16(8-6-15)26-9-11-32-12-10-26/h5-8H,4,9-14H2,1-3H3,(H,22,28)(H,23,31)(H,24,29). The van der Waals surface area contributed by atoms with E-state index in [1.165, 1.54) is 4.90 Å². The Morgan fingerprint density at radius 3 is 2.34 bits per heavy atom. The van der Waals surface area contributed by atoms with Crippen LogP contribution in [0.15, 0.2) is 24.3 Å². The third kappa shape index (κ3) is 5.54. The van der Waals surface area contributed by atoms with Crippen molar-refractivity contribution in [1.29, 1.82) is 0 Å². The van der Waals surface area contributed by atoms with Crippen molar-refractivity contribution in [3.05, 3.63) is 24.3 Å². The lowest BCUT2D eigenvalue weighted by Gasteiger charge is -2.28. The predicted molar refractivity (Wildman–Crippen MR) is 118 cm³/mol. The number of carbonyl (C=O) groups is 4. The second-order valence-electron chi connectivity index (χ2n) is 8.16. The van der Waals surface area contributed by atoms with Gasteiger partial charge in [0.25, 0.3) is 11.8 Å². The molecule has 2 fully saturated rings. The van der Waals surface area contributed by atoms with E-state index in [2.05, 4.69) is 21.0 Å². The van der Waals surface area contributed by atoms with E-state index >= 15 is 0 Å². The van der Waals surface area contributed by atoms with Gasteiger partial charge in [0.15, 0.2) is 0 Å². The fraction of sp³-hybridized carbons (Fsp3) is 0.524. The molecule has 2 aliphatic rings. The lowest BCUT2D eigenvalue weighted by atomic mass is 10.00. The Labute approximate surface area is 187 Å². The molecule has 2 saturated heterocycles. The summed E-state index contributed by atoms with van der Waals surface area (Å²) in [6, 6.07) is 6.88. The highest BCUT2D eigenvalue weighted by molar-refractivity contribution is 6.07. The summed E-state index contributed by atoms with van der Waals surface area (Å²) in [6.45, 7) is 6.24. The number of rotatable bonds is 8. The van der Waals surface area contributed by atoms with Gasteiger partial charge >= 0.3 is 6.03 Å². The highest BCUT2D eigenvalue weighted by Crippen LogP contribution is 2.20. The monoisotopic (exact) mass is 446 g/mol. The maximum atomic E-state index is 12.3. The van der Waals surface area contributed by atoms with Crippen LogP contribution in [0.2, 0.25) is 0 Å². The van der Waals surface area contributed by atoms with Crippen LogP contribution >= 0.6 is 0 Å². The molecule has 0 bridgehead atoms. The van der Waals surface area contributed by atoms with Crippen molar-refractivity contribution < 1.29 is 23.9 Å². The Bertz CT molecular complexity index is 870. The topological polar surface area (TPSA) is 123 Å². The average Bonchev–Trinajstić information content (AvgIpc) is 2.98. The van der Waals surface area contributed by atoms with E-state index in [9.17, 15) is 19.2 Å². The molecular weight excluding hydrogens is 416 g/mol. The minimum atomic E-state index is -1.03. The smallest absolute Gasteiger partial charge is 0.344 e. The molecule has 11 nitrogen and oxygen atoms in total. The van der Waals surface area contributed by atoms with Gasteiger partial charge in [0.1, 0.15) is 5.54 Å². The van der Waals surface area contributed by atoms with E-state index in [4.69, 9.17) is 4.74 Å². The number of amides is 5. The Kier molecular flexibility index (Phi) is 7.31. The van der Waals surface area contributed by atoms with Gasteiger partial charge in [0, 0.05) is 24.5 Å². The van der Waals surface area contributed by atoms with Crippen molar-refractivity contribution in [1.82, 2.24) is 20.7 Å². The molecule has 0 spiro atoms. The molecule has 1 aromatic rings. The second-order valence-corrected chi connectivity index (χ2v) is 8.16. The molecule has 32 heavy (non-hydrogen) atoms. The van der Waals surface area contributed by atoms with Crippen LogP contribution in [0.1, 0.15) is 20.3 Å². The third-order valence-corrected chi connectivity index (χ3v) is 5.56. The molecule has 1 atom stereocenters. The summed E-state index contributed by atoms with van der Waals surface area (Å²) < 4.78 is 5.35. The molecule has 3 N–H and O–H groups in total. The summed E-state index contributed by atoms with van der Waals surface area (Å²) in [5.41, 5.74) is 3.00. The Balaban J connectivity index is 1.45. The first-order chi connectivity index (χ1) is 15.2. The minimum Gasteiger partial charge on any atom is -0.378 e. The summed E-state index contributed by atoms with van der Waals surface area (Å²) in [7, 11) is 1.60. The van der Waals surface area contributed by atoms with Crippen molar-refractivity contribution in [2.24, 2.45) is 0 Å². The number of nitrogens with one attached hydrogen (secondary N) is 3. The van der Waals surface area contributed by atoms with Gasteiger partial charge in [-0.2, -0.15) is 5.01 Å². The Morgan fingerprint density at radius 2 is 1.75 bits per heavy atom. The van der Waals surface area contributed by atoms with Gasteiger partial charge in [-0.05, 0) is 44.7 Å². The molecule has 0 aromatic heterocycles. The molecule has 3 rings (SSSR count). The van der Waals surface area contributed by atoms with Gasteiger partial charge in [0.05, 0.1) is 26.3 Å². The maximum Gasteiger partial charge on any atom is 0.344 e. The molecule has 0 saturated carbocycles. The van der Waals surface area contributed by atoms with Crippen LogP contribution in [0.25, 0.3) is 0 Å². The molecule has 0 radical (unpaired) electrons. The van der Waals surface area contributed by atoms with Crippen LogP contribution in [-0.4, -0.2) is 85.6 Å². The minimum absolute atomic E-state index is 0.0363. The lowest BCUT2D eigenvalue weighted by molar-refractivity contribution is -0.139. The number of imide groups is 1. The van der Waals surface area contributed by atoms with Gasteiger partial charge in [-0.3, -0.25) is 24.7 Å². The zero-order valence-corrected chi connectivity index (χ0v) is 18.6.